The lowest BCUT2D eigenvalue weighted by atomic mass is 9.92. The molecule has 0 radical (unpaired) electrons. The predicted molar refractivity (Wildman–Crippen MR) is 99.2 cm³/mol. The molecular formula is C22H25F3O2. The van der Waals surface area contributed by atoms with Crippen LogP contribution in [-0.2, 0) is 4.74 Å². The number of ether oxygens (including phenoxy) is 2. The van der Waals surface area contributed by atoms with Crippen molar-refractivity contribution in [1.29, 1.82) is 0 Å². The molecule has 0 N–H and O–H groups in total. The Bertz CT molecular complexity index is 783. The molecule has 1 aliphatic rings. The maximum absolute atomic E-state index is 14.7. The van der Waals surface area contributed by atoms with Gasteiger partial charge in [0.2, 0.25) is 0 Å². The zero-order valence-electron chi connectivity index (χ0n) is 15.7. The van der Waals surface area contributed by atoms with Crippen LogP contribution in [0.2, 0.25) is 0 Å². The topological polar surface area (TPSA) is 18.5 Å². The van der Waals surface area contributed by atoms with Crippen LogP contribution >= 0.6 is 0 Å². The third-order valence-electron chi connectivity index (χ3n) is 5.11. The van der Waals surface area contributed by atoms with Crippen molar-refractivity contribution in [3.63, 3.8) is 0 Å². The van der Waals surface area contributed by atoms with Gasteiger partial charge in [0.05, 0.1) is 19.3 Å². The third-order valence-corrected chi connectivity index (χ3v) is 5.11. The van der Waals surface area contributed by atoms with E-state index in [2.05, 4.69) is 6.92 Å². The Morgan fingerprint density at radius 1 is 1.04 bits per heavy atom. The van der Waals surface area contributed by atoms with Crippen LogP contribution in [0, 0.1) is 23.4 Å². The number of benzene rings is 2. The fraction of sp³-hybridized carbons (Fsp3) is 0.455. The van der Waals surface area contributed by atoms with Crippen molar-refractivity contribution in [3.05, 3.63) is 53.3 Å². The van der Waals surface area contributed by atoms with E-state index in [1.165, 1.54) is 24.3 Å². The maximum Gasteiger partial charge on any atom is 0.167 e. The van der Waals surface area contributed by atoms with Crippen LogP contribution in [0.3, 0.4) is 0 Å². The minimum Gasteiger partial charge on any atom is -0.491 e. The lowest BCUT2D eigenvalue weighted by Gasteiger charge is -2.29. The van der Waals surface area contributed by atoms with Gasteiger partial charge in [0, 0.05) is 11.1 Å². The Morgan fingerprint density at radius 3 is 2.48 bits per heavy atom. The second-order valence-electron chi connectivity index (χ2n) is 7.00. The van der Waals surface area contributed by atoms with Gasteiger partial charge in [-0.3, -0.25) is 0 Å². The first-order chi connectivity index (χ1) is 13.0. The first kappa shape index (κ1) is 19.7. The molecule has 146 valence electrons. The van der Waals surface area contributed by atoms with Crippen molar-refractivity contribution in [2.24, 2.45) is 5.92 Å². The van der Waals surface area contributed by atoms with Crippen LogP contribution in [0.4, 0.5) is 13.2 Å². The van der Waals surface area contributed by atoms with Crippen molar-refractivity contribution in [2.75, 3.05) is 13.2 Å². The maximum atomic E-state index is 14.7. The number of rotatable bonds is 6. The summed E-state index contributed by atoms with van der Waals surface area (Å²) in [5.41, 5.74) is 0.531. The Balaban J connectivity index is 1.84. The summed E-state index contributed by atoms with van der Waals surface area (Å²) >= 11 is 0. The van der Waals surface area contributed by atoms with E-state index < -0.39 is 23.6 Å². The molecule has 0 saturated carbocycles. The Hall–Kier alpha value is -2.01. The van der Waals surface area contributed by atoms with Crippen LogP contribution in [0.25, 0.3) is 11.1 Å². The van der Waals surface area contributed by atoms with Crippen molar-refractivity contribution < 1.29 is 22.6 Å². The van der Waals surface area contributed by atoms with Gasteiger partial charge < -0.3 is 9.47 Å². The van der Waals surface area contributed by atoms with Crippen molar-refractivity contribution in [3.8, 4) is 16.9 Å². The van der Waals surface area contributed by atoms with Crippen LogP contribution in [0.15, 0.2) is 30.3 Å². The van der Waals surface area contributed by atoms with Gasteiger partial charge in [0.15, 0.2) is 23.2 Å². The lowest BCUT2D eigenvalue weighted by Crippen LogP contribution is -2.21. The van der Waals surface area contributed by atoms with E-state index >= 15 is 0 Å². The average Bonchev–Trinajstić information content (AvgIpc) is 2.69. The molecule has 3 rings (SSSR count). The van der Waals surface area contributed by atoms with E-state index in [4.69, 9.17) is 9.47 Å². The van der Waals surface area contributed by atoms with Gasteiger partial charge >= 0.3 is 0 Å². The van der Waals surface area contributed by atoms with Gasteiger partial charge in [0.25, 0.3) is 0 Å². The van der Waals surface area contributed by atoms with Gasteiger partial charge in [-0.1, -0.05) is 38.5 Å². The quantitative estimate of drug-likeness (QED) is 0.576. The van der Waals surface area contributed by atoms with Crippen LogP contribution in [0.5, 0.6) is 5.75 Å². The fourth-order valence-corrected chi connectivity index (χ4v) is 3.41. The molecule has 2 aromatic rings. The third kappa shape index (κ3) is 4.29. The lowest BCUT2D eigenvalue weighted by molar-refractivity contribution is -0.0200. The molecule has 1 aliphatic heterocycles. The summed E-state index contributed by atoms with van der Waals surface area (Å²) < 4.78 is 54.6. The first-order valence-electron chi connectivity index (χ1n) is 9.57. The van der Waals surface area contributed by atoms with Gasteiger partial charge in [0.1, 0.15) is 0 Å². The minimum absolute atomic E-state index is 0.0273. The number of halogens is 3. The van der Waals surface area contributed by atoms with Crippen LogP contribution in [0.1, 0.15) is 51.2 Å². The van der Waals surface area contributed by atoms with E-state index in [1.807, 2.05) is 6.92 Å². The van der Waals surface area contributed by atoms with E-state index in [0.717, 1.165) is 19.3 Å². The van der Waals surface area contributed by atoms with E-state index in [-0.39, 0.29) is 22.4 Å². The molecule has 27 heavy (non-hydrogen) atoms. The van der Waals surface area contributed by atoms with Gasteiger partial charge in [-0.25, -0.2) is 13.2 Å². The molecule has 0 aliphatic carbocycles. The summed E-state index contributed by atoms with van der Waals surface area (Å²) in [5.74, 6) is -1.90. The highest BCUT2D eigenvalue weighted by molar-refractivity contribution is 5.66. The molecule has 2 nitrogen and oxygen atoms in total. The normalized spacial score (nSPS) is 19.9. The average molecular weight is 378 g/mol. The van der Waals surface area contributed by atoms with Crippen LogP contribution in [-0.4, -0.2) is 13.2 Å². The first-order valence-corrected chi connectivity index (χ1v) is 9.57. The number of hydrogen-bond donors (Lipinski definition) is 0. The monoisotopic (exact) mass is 378 g/mol. The summed E-state index contributed by atoms with van der Waals surface area (Å²) in [5, 5.41) is 0. The Labute approximate surface area is 158 Å². The number of hydrogen-bond acceptors (Lipinski definition) is 2. The van der Waals surface area contributed by atoms with Crippen molar-refractivity contribution in [1.82, 2.24) is 0 Å². The predicted octanol–water partition coefficient (Wildman–Crippen LogP) is 6.44. The van der Waals surface area contributed by atoms with E-state index in [9.17, 15) is 13.2 Å². The summed E-state index contributed by atoms with van der Waals surface area (Å²) in [6.45, 7) is 4.98. The molecule has 0 amide bonds. The highest BCUT2D eigenvalue weighted by Gasteiger charge is 2.26. The molecule has 5 heteroatoms. The van der Waals surface area contributed by atoms with E-state index in [1.54, 1.807) is 6.07 Å². The van der Waals surface area contributed by atoms with Crippen molar-refractivity contribution in [2.45, 2.75) is 45.6 Å². The van der Waals surface area contributed by atoms with Crippen molar-refractivity contribution >= 4 is 0 Å². The summed E-state index contributed by atoms with van der Waals surface area (Å²) in [7, 11) is 0. The highest BCUT2D eigenvalue weighted by atomic mass is 19.2. The highest BCUT2D eigenvalue weighted by Crippen LogP contribution is 2.36. The molecule has 2 atom stereocenters. The second kappa shape index (κ2) is 8.79. The summed E-state index contributed by atoms with van der Waals surface area (Å²) in [6.07, 6.45) is 2.95. The Morgan fingerprint density at radius 2 is 1.85 bits per heavy atom. The fourth-order valence-electron chi connectivity index (χ4n) is 3.41. The van der Waals surface area contributed by atoms with Gasteiger partial charge in [-0.15, -0.1) is 0 Å². The smallest absolute Gasteiger partial charge is 0.167 e. The zero-order chi connectivity index (χ0) is 19.4. The molecule has 2 unspecified atom stereocenters. The zero-order valence-corrected chi connectivity index (χ0v) is 15.7. The molecule has 0 spiro atoms. The molecule has 2 aromatic carbocycles. The molecule has 1 saturated heterocycles. The summed E-state index contributed by atoms with van der Waals surface area (Å²) in [6, 6.07) is 7.19. The van der Waals surface area contributed by atoms with Crippen LogP contribution < -0.4 is 4.74 Å². The molecule has 1 heterocycles. The van der Waals surface area contributed by atoms with E-state index in [0.29, 0.717) is 25.6 Å². The molecular weight excluding hydrogens is 353 g/mol. The summed E-state index contributed by atoms with van der Waals surface area (Å²) in [4.78, 5) is 0. The molecule has 0 bridgehead atoms. The Kier molecular flexibility index (Phi) is 6.42. The molecule has 1 fully saturated rings. The SMILES string of the molecule is CCCOc1ccc(-c2ccc(C3CCC(CC)CO3)c(F)c2F)cc1F. The van der Waals surface area contributed by atoms with Gasteiger partial charge in [-0.2, -0.15) is 0 Å². The van der Waals surface area contributed by atoms with Gasteiger partial charge in [-0.05, 0) is 42.9 Å². The second-order valence-corrected chi connectivity index (χ2v) is 7.00. The minimum atomic E-state index is -0.977. The molecule has 0 aromatic heterocycles. The largest absolute Gasteiger partial charge is 0.491 e. The standard InChI is InChI=1S/C22H25F3O2/c1-3-11-26-20-10-6-15(12-18(20)23)16-7-8-17(22(25)21(16)24)19-9-5-14(4-2)13-27-19/h6-8,10,12,14,19H,3-5,9,11,13H2,1-2H3.